The fourth-order valence-corrected chi connectivity index (χ4v) is 3.97. The number of benzene rings is 2. The Bertz CT molecular complexity index is 984. The number of aryl methyl sites for hydroxylation is 1. The van der Waals surface area contributed by atoms with Gasteiger partial charge in [-0.2, -0.15) is 0 Å². The van der Waals surface area contributed by atoms with Crippen LogP contribution in [-0.2, 0) is 11.2 Å². The quantitative estimate of drug-likeness (QED) is 0.583. The van der Waals surface area contributed by atoms with Crippen LogP contribution in [0.25, 0.3) is 11.3 Å². The first-order valence-corrected chi connectivity index (χ1v) is 9.88. The van der Waals surface area contributed by atoms with Crippen molar-refractivity contribution in [1.29, 1.82) is 0 Å². The second-order valence-electron chi connectivity index (χ2n) is 7.41. The van der Waals surface area contributed by atoms with Crippen molar-refractivity contribution in [2.75, 3.05) is 19.6 Å². The molecule has 2 heterocycles. The van der Waals surface area contributed by atoms with Gasteiger partial charge in [-0.1, -0.05) is 42.5 Å². The zero-order valence-electron chi connectivity index (χ0n) is 16.9. The number of amides is 1. The average Bonchev–Trinajstić information content (AvgIpc) is 3.40. The second kappa shape index (κ2) is 11.3. The van der Waals surface area contributed by atoms with Crippen molar-refractivity contribution in [1.82, 2.24) is 9.88 Å². The van der Waals surface area contributed by atoms with Crippen LogP contribution in [-0.4, -0.2) is 35.4 Å². The Balaban J connectivity index is 0.00000171. The van der Waals surface area contributed by atoms with Gasteiger partial charge >= 0.3 is 0 Å². The first kappa shape index (κ1) is 24.9. The summed E-state index contributed by atoms with van der Waals surface area (Å²) >= 11 is 0. The van der Waals surface area contributed by atoms with Crippen molar-refractivity contribution < 1.29 is 13.6 Å². The predicted octanol–water partition coefficient (Wildman–Crippen LogP) is 4.46. The van der Waals surface area contributed by atoms with E-state index in [0.717, 1.165) is 0 Å². The maximum atomic E-state index is 13.9. The molecule has 1 fully saturated rings. The highest BCUT2D eigenvalue weighted by Gasteiger charge is 2.35. The van der Waals surface area contributed by atoms with Crippen LogP contribution in [0.2, 0.25) is 0 Å². The van der Waals surface area contributed by atoms with Crippen molar-refractivity contribution in [3.63, 3.8) is 0 Å². The lowest BCUT2D eigenvalue weighted by atomic mass is 9.89. The lowest BCUT2D eigenvalue weighted by Crippen LogP contribution is -2.30. The molecule has 0 spiro atoms. The standard InChI is InChI=1S/C23H24FN3O2.2ClH/c24-20-9-5-4-8-18(20)21-13-26-22(29-21)10-11-23(28)27-14-17(12-25)19(15-27)16-6-2-1-3-7-16;;/h1-9,13,17,19H,10-12,14-15,25H2;2*1H/t17-,19+;;/m1../s1. The third-order valence-corrected chi connectivity index (χ3v) is 5.57. The molecule has 0 bridgehead atoms. The molecule has 1 saturated heterocycles. The Hall–Kier alpha value is -2.41. The Labute approximate surface area is 193 Å². The highest BCUT2D eigenvalue weighted by Crippen LogP contribution is 2.32. The number of halogens is 3. The number of hydrogen-bond acceptors (Lipinski definition) is 4. The van der Waals surface area contributed by atoms with E-state index in [1.807, 2.05) is 23.1 Å². The average molecular weight is 466 g/mol. The molecule has 0 saturated carbocycles. The maximum absolute atomic E-state index is 13.9. The summed E-state index contributed by atoms with van der Waals surface area (Å²) in [5, 5.41) is 0. The summed E-state index contributed by atoms with van der Waals surface area (Å²) in [4.78, 5) is 18.8. The number of oxazole rings is 1. The van der Waals surface area contributed by atoms with Crippen LogP contribution in [0.4, 0.5) is 4.39 Å². The molecule has 2 aromatic carbocycles. The third kappa shape index (κ3) is 5.64. The fourth-order valence-electron chi connectivity index (χ4n) is 3.97. The number of carbonyl (C=O) groups excluding carboxylic acids is 1. The number of aromatic nitrogens is 1. The molecule has 0 radical (unpaired) electrons. The number of nitrogens with zero attached hydrogens (tertiary/aromatic N) is 2. The molecule has 1 aliphatic heterocycles. The minimum absolute atomic E-state index is 0. The maximum Gasteiger partial charge on any atom is 0.223 e. The van der Waals surface area contributed by atoms with Crippen molar-refractivity contribution in [3.8, 4) is 11.3 Å². The van der Waals surface area contributed by atoms with Crippen LogP contribution in [0.1, 0.15) is 23.8 Å². The SMILES string of the molecule is Cl.Cl.NC[C@@H]1CN(C(=O)CCc2ncc(-c3ccccc3F)o2)C[C@H]1c1ccccc1. The van der Waals surface area contributed by atoms with Crippen LogP contribution in [0.15, 0.2) is 65.2 Å². The van der Waals surface area contributed by atoms with Crippen LogP contribution in [0.3, 0.4) is 0 Å². The summed E-state index contributed by atoms with van der Waals surface area (Å²) in [6.07, 6.45) is 2.19. The molecular formula is C23H26Cl2FN3O2. The Morgan fingerprint density at radius 3 is 2.52 bits per heavy atom. The molecule has 2 atom stereocenters. The Morgan fingerprint density at radius 2 is 1.81 bits per heavy atom. The second-order valence-corrected chi connectivity index (χ2v) is 7.41. The summed E-state index contributed by atoms with van der Waals surface area (Å²) in [6, 6.07) is 16.6. The van der Waals surface area contributed by atoms with E-state index in [9.17, 15) is 9.18 Å². The molecule has 1 aromatic heterocycles. The topological polar surface area (TPSA) is 72.4 Å². The molecule has 0 unspecified atom stereocenters. The first-order chi connectivity index (χ1) is 14.2. The summed E-state index contributed by atoms with van der Waals surface area (Å²) in [6.45, 7) is 1.90. The summed E-state index contributed by atoms with van der Waals surface area (Å²) < 4.78 is 19.5. The third-order valence-electron chi connectivity index (χ3n) is 5.57. The van der Waals surface area contributed by atoms with E-state index in [2.05, 4.69) is 17.1 Å². The zero-order valence-corrected chi connectivity index (χ0v) is 18.6. The Kier molecular flexibility index (Phi) is 9.04. The van der Waals surface area contributed by atoms with E-state index in [0.29, 0.717) is 49.7 Å². The van der Waals surface area contributed by atoms with E-state index in [4.69, 9.17) is 10.2 Å². The number of hydrogen-bond donors (Lipinski definition) is 1. The number of nitrogens with two attached hydrogens (primary N) is 1. The van der Waals surface area contributed by atoms with Gasteiger partial charge in [0.25, 0.3) is 0 Å². The molecule has 166 valence electrons. The molecule has 1 aliphatic rings. The van der Waals surface area contributed by atoms with E-state index in [-0.39, 0.29) is 48.4 Å². The van der Waals surface area contributed by atoms with Crippen molar-refractivity contribution in [2.45, 2.75) is 18.8 Å². The van der Waals surface area contributed by atoms with E-state index < -0.39 is 0 Å². The minimum Gasteiger partial charge on any atom is -0.441 e. The van der Waals surface area contributed by atoms with Gasteiger partial charge in [-0.25, -0.2) is 9.37 Å². The fraction of sp³-hybridized carbons (Fsp3) is 0.304. The Morgan fingerprint density at radius 1 is 1.10 bits per heavy atom. The number of carbonyl (C=O) groups is 1. The van der Waals surface area contributed by atoms with Gasteiger partial charge in [-0.05, 0) is 30.2 Å². The van der Waals surface area contributed by atoms with Gasteiger partial charge in [-0.3, -0.25) is 4.79 Å². The van der Waals surface area contributed by atoms with Gasteiger partial charge in [0, 0.05) is 31.8 Å². The normalized spacial score (nSPS) is 17.7. The van der Waals surface area contributed by atoms with Crippen molar-refractivity contribution in [3.05, 3.63) is 78.1 Å². The van der Waals surface area contributed by atoms with Crippen molar-refractivity contribution in [2.24, 2.45) is 11.7 Å². The van der Waals surface area contributed by atoms with Crippen LogP contribution in [0, 0.1) is 11.7 Å². The molecule has 4 rings (SSSR count). The van der Waals surface area contributed by atoms with Crippen molar-refractivity contribution >= 4 is 30.7 Å². The molecule has 0 aliphatic carbocycles. The van der Waals surface area contributed by atoms with Gasteiger partial charge in [0.2, 0.25) is 5.91 Å². The number of rotatable bonds is 6. The molecule has 31 heavy (non-hydrogen) atoms. The highest BCUT2D eigenvalue weighted by molar-refractivity contribution is 5.85. The van der Waals surface area contributed by atoms with E-state index in [1.165, 1.54) is 17.8 Å². The minimum atomic E-state index is -0.358. The first-order valence-electron chi connectivity index (χ1n) is 9.88. The molecule has 8 heteroatoms. The smallest absolute Gasteiger partial charge is 0.223 e. The molecular weight excluding hydrogens is 440 g/mol. The summed E-state index contributed by atoms with van der Waals surface area (Å²) in [5.74, 6) is 1.04. The summed E-state index contributed by atoms with van der Waals surface area (Å²) in [5.41, 5.74) is 7.56. The number of likely N-dealkylation sites (tertiary alicyclic amines) is 1. The predicted molar refractivity (Wildman–Crippen MR) is 123 cm³/mol. The van der Waals surface area contributed by atoms with Gasteiger partial charge in [0.1, 0.15) is 5.82 Å². The molecule has 2 N–H and O–H groups in total. The highest BCUT2D eigenvalue weighted by atomic mass is 35.5. The van der Waals surface area contributed by atoms with Gasteiger partial charge in [0.05, 0.1) is 11.8 Å². The monoisotopic (exact) mass is 465 g/mol. The largest absolute Gasteiger partial charge is 0.441 e. The van der Waals surface area contributed by atoms with Crippen LogP contribution < -0.4 is 5.73 Å². The van der Waals surface area contributed by atoms with Gasteiger partial charge in [0.15, 0.2) is 11.7 Å². The van der Waals surface area contributed by atoms with Gasteiger partial charge in [-0.15, -0.1) is 24.8 Å². The van der Waals surface area contributed by atoms with Crippen LogP contribution in [0.5, 0.6) is 0 Å². The molecule has 1 amide bonds. The van der Waals surface area contributed by atoms with Crippen LogP contribution >= 0.6 is 24.8 Å². The lowest BCUT2D eigenvalue weighted by molar-refractivity contribution is -0.130. The lowest BCUT2D eigenvalue weighted by Gasteiger charge is -2.16. The zero-order chi connectivity index (χ0) is 20.2. The van der Waals surface area contributed by atoms with Gasteiger partial charge < -0.3 is 15.1 Å². The van der Waals surface area contributed by atoms with E-state index in [1.54, 1.807) is 18.2 Å². The molecule has 3 aromatic rings. The molecule has 5 nitrogen and oxygen atoms in total. The summed E-state index contributed by atoms with van der Waals surface area (Å²) in [7, 11) is 0. The van der Waals surface area contributed by atoms with E-state index >= 15 is 0 Å².